The molecule has 1 saturated heterocycles. The van der Waals surface area contributed by atoms with Crippen LogP contribution >= 0.6 is 30.8 Å². The number of methoxy groups -OCH3 is 1. The summed E-state index contributed by atoms with van der Waals surface area (Å²) in [5, 5.41) is 22.5. The van der Waals surface area contributed by atoms with Crippen LogP contribution in [0.3, 0.4) is 0 Å². The number of anilines is 1. The lowest BCUT2D eigenvalue weighted by Crippen LogP contribution is -2.55. The first kappa shape index (κ1) is 27.0. The Kier molecular flexibility index (Phi) is 8.36. The Balaban J connectivity index is 1.73. The summed E-state index contributed by atoms with van der Waals surface area (Å²) in [6.45, 7) is 5.46. The third-order valence-electron chi connectivity index (χ3n) is 5.30. The molecular weight excluding hydrogens is 511 g/mol. The average molecular weight is 539 g/mol. The van der Waals surface area contributed by atoms with Crippen molar-refractivity contribution in [1.29, 1.82) is 0 Å². The number of phosphoric ester groups is 1. The van der Waals surface area contributed by atoms with Crippen LogP contribution in [0.1, 0.15) is 48.5 Å². The Labute approximate surface area is 205 Å². The van der Waals surface area contributed by atoms with Gasteiger partial charge in [-0.1, -0.05) is 29.9 Å². The highest BCUT2D eigenvalue weighted by Crippen LogP contribution is 2.37. The smallest absolute Gasteiger partial charge is 0.383 e. The van der Waals surface area contributed by atoms with Gasteiger partial charge in [-0.15, -0.1) is 10.2 Å². The predicted octanol–water partition coefficient (Wildman–Crippen LogP) is 1.27. The van der Waals surface area contributed by atoms with Crippen molar-refractivity contribution in [2.75, 3.05) is 25.1 Å². The molecular formula is C18H28ClN6O7PS. The van der Waals surface area contributed by atoms with Gasteiger partial charge < -0.3 is 29.8 Å². The molecule has 0 aliphatic carbocycles. The summed E-state index contributed by atoms with van der Waals surface area (Å²) in [7, 11) is -3.23. The number of hydrogen-bond donors (Lipinski definition) is 4. The lowest BCUT2D eigenvalue weighted by atomic mass is 10.0. The van der Waals surface area contributed by atoms with E-state index in [4.69, 9.17) is 26.1 Å². The van der Waals surface area contributed by atoms with E-state index < -0.39 is 26.1 Å². The SMILES string of the molecule is CCc1c(Cl)nc(C(=O)N[C@@H]2CCN(c3nnc(C(C)(C)O)s3)C[C@@H]2OC)n1COP(=O)(O)O. The number of nitrogens with zero attached hydrogens (tertiary/aromatic N) is 5. The van der Waals surface area contributed by atoms with Gasteiger partial charge >= 0.3 is 7.82 Å². The number of piperidine rings is 1. The molecule has 1 fully saturated rings. The van der Waals surface area contributed by atoms with Gasteiger partial charge in [-0.3, -0.25) is 13.9 Å². The molecule has 190 valence electrons. The largest absolute Gasteiger partial charge is 0.471 e. The summed E-state index contributed by atoms with van der Waals surface area (Å²) in [6.07, 6.45) is 0.510. The Morgan fingerprint density at radius 2 is 2.09 bits per heavy atom. The summed E-state index contributed by atoms with van der Waals surface area (Å²) >= 11 is 7.43. The van der Waals surface area contributed by atoms with Crippen LogP contribution in [-0.4, -0.2) is 72.9 Å². The van der Waals surface area contributed by atoms with Gasteiger partial charge in [0.15, 0.2) is 5.15 Å². The van der Waals surface area contributed by atoms with E-state index in [1.165, 1.54) is 23.0 Å². The van der Waals surface area contributed by atoms with Crippen molar-refractivity contribution in [3.05, 3.63) is 21.7 Å². The standard InChI is InChI=1S/C18H28ClN6O7PS/c1-5-11-13(19)21-14(25(11)9-32-33(28,29)30)15(26)20-10-6-7-24(8-12(10)31-4)17-23-22-16(34-17)18(2,3)27/h10,12,27H,5-9H2,1-4H3,(H,20,26)(H2,28,29,30)/t10-,12+/m1/s1. The van der Waals surface area contributed by atoms with E-state index in [1.54, 1.807) is 20.8 Å². The Bertz CT molecular complexity index is 1070. The van der Waals surface area contributed by atoms with Crippen LogP contribution in [0.2, 0.25) is 5.15 Å². The molecule has 13 nitrogen and oxygen atoms in total. The molecule has 16 heteroatoms. The van der Waals surface area contributed by atoms with Crippen molar-refractivity contribution in [2.24, 2.45) is 0 Å². The number of hydrogen-bond acceptors (Lipinski definition) is 10. The highest BCUT2D eigenvalue weighted by Gasteiger charge is 2.34. The molecule has 0 bridgehead atoms. The molecule has 2 aromatic heterocycles. The Morgan fingerprint density at radius 3 is 2.65 bits per heavy atom. The first-order valence-corrected chi connectivity index (χ1v) is 13.2. The minimum Gasteiger partial charge on any atom is -0.383 e. The Morgan fingerprint density at radius 1 is 1.38 bits per heavy atom. The fourth-order valence-electron chi connectivity index (χ4n) is 3.56. The van der Waals surface area contributed by atoms with Gasteiger partial charge in [0.2, 0.25) is 11.0 Å². The fraction of sp³-hybridized carbons (Fsp3) is 0.667. The number of aromatic nitrogens is 4. The van der Waals surface area contributed by atoms with Gasteiger partial charge in [0.05, 0.1) is 17.8 Å². The number of imidazole rings is 1. The second-order valence-corrected chi connectivity index (χ2v) is 10.8. The third kappa shape index (κ3) is 6.32. The number of nitrogens with one attached hydrogen (secondary N) is 1. The molecule has 0 unspecified atom stereocenters. The molecule has 2 aromatic rings. The molecule has 3 heterocycles. The second-order valence-electron chi connectivity index (χ2n) is 8.24. The number of halogens is 1. The summed E-state index contributed by atoms with van der Waals surface area (Å²) < 4.78 is 22.6. The van der Waals surface area contributed by atoms with Gasteiger partial charge in [-0.25, -0.2) is 9.55 Å². The highest BCUT2D eigenvalue weighted by atomic mass is 35.5. The number of rotatable bonds is 9. The molecule has 34 heavy (non-hydrogen) atoms. The average Bonchev–Trinajstić information content (AvgIpc) is 3.36. The first-order valence-electron chi connectivity index (χ1n) is 10.4. The molecule has 0 spiro atoms. The number of phosphoric acid groups is 1. The lowest BCUT2D eigenvalue weighted by molar-refractivity contribution is 0.0532. The van der Waals surface area contributed by atoms with Crippen LogP contribution in [-0.2, 0) is 32.6 Å². The molecule has 1 aliphatic heterocycles. The topological polar surface area (TPSA) is 172 Å². The van der Waals surface area contributed by atoms with Gasteiger partial charge in [0.1, 0.15) is 17.3 Å². The summed E-state index contributed by atoms with van der Waals surface area (Å²) in [6, 6.07) is -0.368. The van der Waals surface area contributed by atoms with E-state index in [2.05, 4.69) is 25.0 Å². The number of aliphatic hydroxyl groups is 1. The molecule has 0 radical (unpaired) electrons. The maximum absolute atomic E-state index is 13.0. The van der Waals surface area contributed by atoms with Gasteiger partial charge in [-0.05, 0) is 26.7 Å². The monoisotopic (exact) mass is 538 g/mol. The van der Waals surface area contributed by atoms with Crippen molar-refractivity contribution in [1.82, 2.24) is 25.1 Å². The third-order valence-corrected chi connectivity index (χ3v) is 7.35. The van der Waals surface area contributed by atoms with Crippen molar-refractivity contribution < 1.29 is 33.5 Å². The van der Waals surface area contributed by atoms with E-state index in [0.717, 1.165) is 0 Å². The maximum atomic E-state index is 13.0. The second kappa shape index (κ2) is 10.5. The fourth-order valence-corrected chi connectivity index (χ4v) is 5.02. The van der Waals surface area contributed by atoms with Gasteiger partial charge in [0, 0.05) is 20.2 Å². The number of ether oxygens (including phenoxy) is 1. The van der Waals surface area contributed by atoms with Crippen LogP contribution in [0, 0.1) is 0 Å². The van der Waals surface area contributed by atoms with Gasteiger partial charge in [0.25, 0.3) is 5.91 Å². The first-order chi connectivity index (χ1) is 15.8. The zero-order chi connectivity index (χ0) is 25.3. The zero-order valence-corrected chi connectivity index (χ0v) is 21.6. The van der Waals surface area contributed by atoms with Crippen LogP contribution in [0.4, 0.5) is 5.13 Å². The summed E-state index contributed by atoms with van der Waals surface area (Å²) in [5.41, 5.74) is -0.676. The maximum Gasteiger partial charge on any atom is 0.471 e. The predicted molar refractivity (Wildman–Crippen MR) is 124 cm³/mol. The number of amides is 1. The van der Waals surface area contributed by atoms with E-state index in [1.807, 2.05) is 4.90 Å². The number of carbonyl (C=O) groups is 1. The van der Waals surface area contributed by atoms with Crippen LogP contribution in [0.5, 0.6) is 0 Å². The van der Waals surface area contributed by atoms with Crippen molar-refractivity contribution >= 4 is 41.8 Å². The minimum absolute atomic E-state index is 0.0546. The molecule has 1 amide bonds. The molecule has 3 rings (SSSR count). The molecule has 0 aromatic carbocycles. The molecule has 0 saturated carbocycles. The Hall–Kier alpha value is -1.64. The molecule has 1 aliphatic rings. The normalized spacial score (nSPS) is 19.5. The van der Waals surface area contributed by atoms with Gasteiger partial charge in [-0.2, -0.15) is 0 Å². The van der Waals surface area contributed by atoms with Crippen molar-refractivity contribution in [3.8, 4) is 0 Å². The molecule has 4 N–H and O–H groups in total. The van der Waals surface area contributed by atoms with Crippen LogP contribution in [0.15, 0.2) is 0 Å². The van der Waals surface area contributed by atoms with Crippen molar-refractivity contribution in [2.45, 2.75) is 58.1 Å². The highest BCUT2D eigenvalue weighted by molar-refractivity contribution is 7.46. The summed E-state index contributed by atoms with van der Waals surface area (Å²) in [4.78, 5) is 37.2. The number of carbonyl (C=O) groups excluding carboxylic acids is 1. The van der Waals surface area contributed by atoms with E-state index in [0.29, 0.717) is 41.8 Å². The lowest BCUT2D eigenvalue weighted by Gasteiger charge is -2.37. The zero-order valence-electron chi connectivity index (χ0n) is 19.1. The van der Waals surface area contributed by atoms with E-state index in [9.17, 15) is 14.5 Å². The van der Waals surface area contributed by atoms with E-state index >= 15 is 0 Å². The quantitative estimate of drug-likeness (QED) is 0.339. The van der Waals surface area contributed by atoms with Crippen molar-refractivity contribution in [3.63, 3.8) is 0 Å². The van der Waals surface area contributed by atoms with Crippen LogP contribution < -0.4 is 10.2 Å². The van der Waals surface area contributed by atoms with Crippen LogP contribution in [0.25, 0.3) is 0 Å². The summed E-state index contributed by atoms with van der Waals surface area (Å²) in [5.74, 6) is -0.692. The van der Waals surface area contributed by atoms with E-state index in [-0.39, 0.29) is 23.1 Å². The molecule has 2 atom stereocenters. The minimum atomic E-state index is -4.77.